The Kier molecular flexibility index (Phi) is 5.72. The van der Waals surface area contributed by atoms with Gasteiger partial charge in [0, 0.05) is 17.3 Å². The van der Waals surface area contributed by atoms with Crippen LogP contribution in [-0.4, -0.2) is 30.7 Å². The van der Waals surface area contributed by atoms with Crippen LogP contribution in [0, 0.1) is 0 Å². The normalized spacial score (nSPS) is 11.5. The fourth-order valence-electron chi connectivity index (χ4n) is 2.32. The Labute approximate surface area is 165 Å². The predicted octanol–water partition coefficient (Wildman–Crippen LogP) is 4.44. The van der Waals surface area contributed by atoms with E-state index in [-0.39, 0.29) is 17.6 Å². The van der Waals surface area contributed by atoms with E-state index in [9.17, 15) is 8.42 Å². The van der Waals surface area contributed by atoms with Gasteiger partial charge in [-0.3, -0.25) is 4.72 Å². The summed E-state index contributed by atoms with van der Waals surface area (Å²) in [6.45, 7) is 0.101. The van der Waals surface area contributed by atoms with Gasteiger partial charge in [0.25, 0.3) is 0 Å². The maximum atomic E-state index is 12.2. The number of anilines is 2. The van der Waals surface area contributed by atoms with Gasteiger partial charge in [-0.1, -0.05) is 41.4 Å². The van der Waals surface area contributed by atoms with Crippen LogP contribution in [-0.2, 0) is 10.0 Å². The maximum Gasteiger partial charge on any atom is 0.234 e. The van der Waals surface area contributed by atoms with Gasteiger partial charge in [-0.05, 0) is 35.9 Å². The summed E-state index contributed by atoms with van der Waals surface area (Å²) >= 11 is 18.1. The maximum absolute atomic E-state index is 12.2. The van der Waals surface area contributed by atoms with Gasteiger partial charge in [0.1, 0.15) is 5.82 Å². The number of para-hydroxylation sites is 1. The van der Waals surface area contributed by atoms with Crippen molar-refractivity contribution in [2.45, 2.75) is 0 Å². The van der Waals surface area contributed by atoms with Crippen molar-refractivity contribution in [3.8, 4) is 0 Å². The number of hydrogen-bond acceptors (Lipinski definition) is 5. The number of sulfonamides is 1. The average Bonchev–Trinajstić information content (AvgIpc) is 2.53. The van der Waals surface area contributed by atoms with Crippen molar-refractivity contribution in [3.63, 3.8) is 0 Å². The zero-order valence-corrected chi connectivity index (χ0v) is 16.3. The molecular formula is C16H13Cl3N4O2S. The molecule has 0 radical (unpaired) electrons. The van der Waals surface area contributed by atoms with Crippen LogP contribution in [0.25, 0.3) is 10.9 Å². The highest BCUT2D eigenvalue weighted by Gasteiger charge is 2.14. The fraction of sp³-hybridized carbons (Fsp3) is 0.125. The molecule has 1 heterocycles. The lowest BCUT2D eigenvalue weighted by atomic mass is 10.2. The molecule has 0 aliphatic heterocycles. The minimum absolute atomic E-state index is 0.00333. The summed E-state index contributed by atoms with van der Waals surface area (Å²) < 4.78 is 26.9. The molecule has 0 bridgehead atoms. The van der Waals surface area contributed by atoms with Crippen molar-refractivity contribution >= 4 is 67.2 Å². The Morgan fingerprint density at radius 2 is 1.73 bits per heavy atom. The van der Waals surface area contributed by atoms with E-state index in [1.165, 1.54) is 0 Å². The van der Waals surface area contributed by atoms with Gasteiger partial charge in [0.05, 0.1) is 21.7 Å². The number of fused-ring (bicyclic) bond motifs is 1. The van der Waals surface area contributed by atoms with Crippen LogP contribution in [0.2, 0.25) is 15.3 Å². The zero-order valence-electron chi connectivity index (χ0n) is 13.2. The van der Waals surface area contributed by atoms with E-state index < -0.39 is 10.0 Å². The monoisotopic (exact) mass is 430 g/mol. The Bertz CT molecular complexity index is 1040. The molecular weight excluding hydrogens is 419 g/mol. The second-order valence-corrected chi connectivity index (χ2v) is 8.36. The lowest BCUT2D eigenvalue weighted by Crippen LogP contribution is -2.22. The van der Waals surface area contributed by atoms with E-state index >= 15 is 0 Å². The second-order valence-electron chi connectivity index (χ2n) is 5.34. The van der Waals surface area contributed by atoms with Crippen LogP contribution in [0.15, 0.2) is 42.5 Å². The highest BCUT2D eigenvalue weighted by molar-refractivity contribution is 7.92. The van der Waals surface area contributed by atoms with E-state index in [2.05, 4.69) is 20.0 Å². The number of hydrogen-bond donors (Lipinski definition) is 2. The highest BCUT2D eigenvalue weighted by atomic mass is 35.5. The SMILES string of the molecule is O=S(=O)(CCNc1nc(Cl)nc2cc(Cl)cc(Cl)c12)Nc1ccccc1. The molecule has 0 aliphatic rings. The third kappa shape index (κ3) is 4.67. The lowest BCUT2D eigenvalue weighted by Gasteiger charge is -2.12. The fourth-order valence-corrected chi connectivity index (χ4v) is 4.04. The Hall–Kier alpha value is -1.80. The van der Waals surface area contributed by atoms with Crippen LogP contribution in [0.1, 0.15) is 0 Å². The van der Waals surface area contributed by atoms with Crippen LogP contribution in [0.4, 0.5) is 11.5 Å². The largest absolute Gasteiger partial charge is 0.368 e. The minimum Gasteiger partial charge on any atom is -0.368 e. The zero-order chi connectivity index (χ0) is 18.7. The quantitative estimate of drug-likeness (QED) is 0.564. The van der Waals surface area contributed by atoms with E-state index in [0.717, 1.165) is 0 Å². The highest BCUT2D eigenvalue weighted by Crippen LogP contribution is 2.32. The molecule has 26 heavy (non-hydrogen) atoms. The van der Waals surface area contributed by atoms with Crippen LogP contribution in [0.3, 0.4) is 0 Å². The van der Waals surface area contributed by atoms with Gasteiger partial charge in [-0.2, -0.15) is 0 Å². The summed E-state index contributed by atoms with van der Waals surface area (Å²) in [5.41, 5.74) is 0.969. The number of rotatable bonds is 6. The summed E-state index contributed by atoms with van der Waals surface area (Å²) in [5, 5.41) is 4.23. The van der Waals surface area contributed by atoms with Crippen molar-refractivity contribution in [3.05, 3.63) is 57.8 Å². The first-order valence-electron chi connectivity index (χ1n) is 7.46. The van der Waals surface area contributed by atoms with Gasteiger partial charge >= 0.3 is 0 Å². The third-order valence-electron chi connectivity index (χ3n) is 3.40. The van der Waals surface area contributed by atoms with Crippen LogP contribution >= 0.6 is 34.8 Å². The van der Waals surface area contributed by atoms with E-state index in [1.54, 1.807) is 42.5 Å². The van der Waals surface area contributed by atoms with Crippen molar-refractivity contribution in [2.75, 3.05) is 22.3 Å². The molecule has 0 fully saturated rings. The summed E-state index contributed by atoms with van der Waals surface area (Å²) in [4.78, 5) is 8.18. The van der Waals surface area contributed by atoms with Crippen LogP contribution < -0.4 is 10.0 Å². The molecule has 0 atom stereocenters. The molecule has 2 N–H and O–H groups in total. The van der Waals surface area contributed by atoms with Crippen molar-refractivity contribution < 1.29 is 8.42 Å². The average molecular weight is 432 g/mol. The number of aromatic nitrogens is 2. The molecule has 0 saturated carbocycles. The van der Waals surface area contributed by atoms with E-state index in [4.69, 9.17) is 34.8 Å². The first-order valence-corrected chi connectivity index (χ1v) is 10.2. The minimum atomic E-state index is -3.53. The summed E-state index contributed by atoms with van der Waals surface area (Å²) in [5.74, 6) is 0.174. The summed E-state index contributed by atoms with van der Waals surface area (Å²) in [6, 6.07) is 11.8. The standard InChI is InChI=1S/C16H13Cl3N4O2S/c17-10-8-12(18)14-13(9-10)21-16(19)22-15(14)20-6-7-26(24,25)23-11-4-2-1-3-5-11/h1-5,8-9,23H,6-7H2,(H,20,21,22). The molecule has 10 heteroatoms. The molecule has 0 saturated heterocycles. The van der Waals surface area contributed by atoms with Gasteiger partial charge in [-0.25, -0.2) is 18.4 Å². The lowest BCUT2D eigenvalue weighted by molar-refractivity contribution is 0.601. The first-order chi connectivity index (χ1) is 12.3. The van der Waals surface area contributed by atoms with Gasteiger partial charge in [0.2, 0.25) is 15.3 Å². The molecule has 0 spiro atoms. The molecule has 2 aromatic carbocycles. The molecule has 0 aliphatic carbocycles. The van der Waals surface area contributed by atoms with E-state index in [0.29, 0.717) is 32.5 Å². The Balaban J connectivity index is 1.76. The second kappa shape index (κ2) is 7.84. The summed E-state index contributed by atoms with van der Waals surface area (Å²) in [7, 11) is -3.53. The number of benzene rings is 2. The Morgan fingerprint density at radius 1 is 1.00 bits per heavy atom. The summed E-state index contributed by atoms with van der Waals surface area (Å²) in [6.07, 6.45) is 0. The number of nitrogens with zero attached hydrogens (tertiary/aromatic N) is 2. The van der Waals surface area contributed by atoms with Crippen molar-refractivity contribution in [2.24, 2.45) is 0 Å². The van der Waals surface area contributed by atoms with Gasteiger partial charge in [-0.15, -0.1) is 0 Å². The van der Waals surface area contributed by atoms with Crippen molar-refractivity contribution in [1.82, 2.24) is 9.97 Å². The number of halogens is 3. The third-order valence-corrected chi connectivity index (χ3v) is 5.37. The predicted molar refractivity (Wildman–Crippen MR) is 107 cm³/mol. The Morgan fingerprint density at radius 3 is 2.46 bits per heavy atom. The molecule has 3 rings (SSSR count). The molecule has 3 aromatic rings. The van der Waals surface area contributed by atoms with Gasteiger partial charge < -0.3 is 5.32 Å². The molecule has 1 aromatic heterocycles. The first kappa shape index (κ1) is 19.0. The topological polar surface area (TPSA) is 84.0 Å². The number of nitrogens with one attached hydrogen (secondary N) is 2. The smallest absolute Gasteiger partial charge is 0.234 e. The van der Waals surface area contributed by atoms with Crippen LogP contribution in [0.5, 0.6) is 0 Å². The molecule has 136 valence electrons. The van der Waals surface area contributed by atoms with Crippen molar-refractivity contribution in [1.29, 1.82) is 0 Å². The molecule has 0 amide bonds. The molecule has 6 nitrogen and oxygen atoms in total. The van der Waals surface area contributed by atoms with E-state index in [1.807, 2.05) is 0 Å². The van der Waals surface area contributed by atoms with Gasteiger partial charge in [0.15, 0.2) is 0 Å². The molecule has 0 unspecified atom stereocenters.